The molecule has 8 heteroatoms. The van der Waals surface area contributed by atoms with Crippen LogP contribution in [0.2, 0.25) is 0 Å². The summed E-state index contributed by atoms with van der Waals surface area (Å²) in [6, 6.07) is 6.38. The molecule has 1 aromatic rings. The number of alkyl halides is 4. The molecule has 0 unspecified atom stereocenters. The number of halogens is 4. The van der Waals surface area contributed by atoms with Crippen LogP contribution in [-0.4, -0.2) is 50.3 Å². The van der Waals surface area contributed by atoms with Gasteiger partial charge in [0.05, 0.1) is 7.05 Å². The summed E-state index contributed by atoms with van der Waals surface area (Å²) in [7, 11) is 0. The largest absolute Gasteiger partial charge is 0.573 e. The predicted molar refractivity (Wildman–Crippen MR) is 127 cm³/mol. The van der Waals surface area contributed by atoms with E-state index in [0.29, 0.717) is 5.92 Å². The maximum atomic E-state index is 12.7. The second-order valence-corrected chi connectivity index (χ2v) is 12.4. The molecule has 0 atom stereocenters. The Bertz CT molecular complexity index is 826. The maximum absolute atomic E-state index is 12.7. The summed E-state index contributed by atoms with van der Waals surface area (Å²) in [6.45, 7) is 6.25. The zero-order valence-electron chi connectivity index (χ0n) is 18.0. The monoisotopic (exact) mass is 549 g/mol. The zero-order chi connectivity index (χ0) is 21.9. The summed E-state index contributed by atoms with van der Waals surface area (Å²) in [5.41, 5.74) is 0.801. The van der Waals surface area contributed by atoms with Gasteiger partial charge in [0.15, 0.2) is 0 Å². The predicted octanol–water partition coefficient (Wildman–Crippen LogP) is 5.47. The minimum Gasteiger partial charge on any atom is -0.406 e. The van der Waals surface area contributed by atoms with Crippen molar-refractivity contribution in [3.63, 3.8) is 0 Å². The summed E-state index contributed by atoms with van der Waals surface area (Å²) < 4.78 is 43.4. The fourth-order valence-corrected chi connectivity index (χ4v) is 8.40. The van der Waals surface area contributed by atoms with Crippen LogP contribution >= 0.6 is 20.7 Å². The molecule has 31 heavy (non-hydrogen) atoms. The second kappa shape index (κ2) is 9.77. The van der Waals surface area contributed by atoms with Crippen LogP contribution in [-0.2, 0) is 0 Å². The summed E-state index contributed by atoms with van der Waals surface area (Å²) in [5.74, 6) is 1.60. The van der Waals surface area contributed by atoms with Crippen molar-refractivity contribution < 1.29 is 17.9 Å². The molecule has 4 rings (SSSR count). The van der Waals surface area contributed by atoms with Crippen LogP contribution < -0.4 is 10.1 Å². The van der Waals surface area contributed by atoms with Crippen molar-refractivity contribution in [1.82, 2.24) is 10.2 Å². The van der Waals surface area contributed by atoms with Gasteiger partial charge in [0.2, 0.25) is 0 Å². The average molecular weight is 549 g/mol. The van der Waals surface area contributed by atoms with Crippen LogP contribution in [0.5, 0.6) is 5.75 Å². The highest BCUT2D eigenvalue weighted by molar-refractivity contribution is 14.2. The van der Waals surface area contributed by atoms with Gasteiger partial charge in [-0.25, -0.2) is 0 Å². The normalized spacial score (nSPS) is 24.0. The van der Waals surface area contributed by atoms with E-state index < -0.39 is 27.1 Å². The van der Waals surface area contributed by atoms with Gasteiger partial charge in [-0.15, -0.1) is 13.2 Å². The molecule has 1 aromatic carbocycles. The molecule has 1 aliphatic carbocycles. The van der Waals surface area contributed by atoms with Gasteiger partial charge in [0.25, 0.3) is 0 Å². The van der Waals surface area contributed by atoms with Crippen molar-refractivity contribution in [2.75, 3.05) is 26.2 Å². The first kappa shape index (κ1) is 23.0. The highest BCUT2D eigenvalue weighted by atomic mass is 127. The van der Waals surface area contributed by atoms with Crippen LogP contribution in [0.3, 0.4) is 0 Å². The van der Waals surface area contributed by atoms with Gasteiger partial charge in [-0.1, -0.05) is 59.0 Å². The van der Waals surface area contributed by atoms with E-state index in [4.69, 9.17) is 4.99 Å². The molecule has 3 aliphatic rings. The minimum absolute atomic E-state index is 0.0788. The van der Waals surface area contributed by atoms with Gasteiger partial charge in [0, 0.05) is 12.1 Å². The molecule has 1 saturated carbocycles. The number of hydrogen-bond acceptors (Lipinski definition) is 3. The smallest absolute Gasteiger partial charge is 0.406 e. The molecule has 2 fully saturated rings. The molecule has 2 heterocycles. The Morgan fingerprint density at radius 1 is 1.19 bits per heavy atom. The molecule has 1 saturated heterocycles. The lowest BCUT2D eigenvalue weighted by Gasteiger charge is -2.37. The molecule has 2 aliphatic heterocycles. The van der Waals surface area contributed by atoms with Crippen LogP contribution in [0.25, 0.3) is 0 Å². The number of piperidine rings is 1. The van der Waals surface area contributed by atoms with E-state index in [1.54, 1.807) is 6.07 Å². The van der Waals surface area contributed by atoms with Gasteiger partial charge in [-0.05, 0) is 63.4 Å². The standard InChI is InChI=1S/C23H31F3IN3O/c1-2-30-13-11-22(12-14-30)21(28-16-17-7-4-3-5-8-17)29-20(27-22)18-9-6-10-19(15-18)31-23(24,25)26/h6,9-10,15,17H,2-5,7-8,11-14,16H2,1H3,(H,28,29). The minimum atomic E-state index is -4.68. The molecule has 172 valence electrons. The van der Waals surface area contributed by atoms with Gasteiger partial charge in [-0.2, -0.15) is 0 Å². The molecule has 0 bridgehead atoms. The Morgan fingerprint density at radius 2 is 1.94 bits per heavy atom. The van der Waals surface area contributed by atoms with Crippen molar-refractivity contribution in [2.24, 2.45) is 10.9 Å². The van der Waals surface area contributed by atoms with Crippen molar-refractivity contribution >= 4 is 30.2 Å². The highest BCUT2D eigenvalue weighted by Crippen LogP contribution is 2.42. The maximum Gasteiger partial charge on any atom is 0.573 e. The molecule has 0 radical (unpaired) electrons. The number of nitrogens with one attached hydrogen (secondary N) is 1. The number of aliphatic imine (C=N–C) groups is 1. The Hall–Kier alpha value is -1.16. The second-order valence-electron chi connectivity index (χ2n) is 8.70. The molecule has 0 amide bonds. The Labute approximate surface area is 192 Å². The first-order valence-corrected chi connectivity index (χ1v) is 13.5. The quantitative estimate of drug-likeness (QED) is 0.391. The van der Waals surface area contributed by atoms with E-state index >= 15 is 0 Å². The molecule has 4 nitrogen and oxygen atoms in total. The number of likely N-dealkylation sites (tertiary alicyclic amines) is 1. The Kier molecular flexibility index (Phi) is 7.25. The van der Waals surface area contributed by atoms with Crippen LogP contribution in [0.4, 0.5) is 13.2 Å². The first-order chi connectivity index (χ1) is 14.9. The van der Waals surface area contributed by atoms with Crippen LogP contribution in [0.15, 0.2) is 29.3 Å². The van der Waals surface area contributed by atoms with E-state index in [1.807, 2.05) is 6.07 Å². The summed E-state index contributed by atoms with van der Waals surface area (Å²) in [4.78, 5) is 7.59. The summed E-state index contributed by atoms with van der Waals surface area (Å²) >= 11 is -0.442. The lowest BCUT2D eigenvalue weighted by Crippen LogP contribution is -2.48. The molecule has 1 N–H and O–H groups in total. The molecule has 0 aromatic heterocycles. The summed E-state index contributed by atoms with van der Waals surface area (Å²) in [6.07, 6.45) is 3.93. The van der Waals surface area contributed by atoms with Gasteiger partial charge >= 0.3 is 6.36 Å². The van der Waals surface area contributed by atoms with E-state index in [2.05, 4.69) is 21.9 Å². The lowest BCUT2D eigenvalue weighted by atomic mass is 9.89. The number of amidine groups is 1. The van der Waals surface area contributed by atoms with Crippen LogP contribution in [0, 0.1) is 5.92 Å². The van der Waals surface area contributed by atoms with Crippen molar-refractivity contribution in [2.45, 2.75) is 61.7 Å². The summed E-state index contributed by atoms with van der Waals surface area (Å²) in [5, 5.41) is 3.59. The third-order valence-electron chi connectivity index (χ3n) is 6.58. The van der Waals surface area contributed by atoms with Gasteiger partial charge < -0.3 is 15.0 Å². The SMILES string of the molecule is CCN1CCC2(CC1)I=C(c1cccc(OC(F)(F)F)c1)NC2=NCC1CCCCC1. The van der Waals surface area contributed by atoms with E-state index in [9.17, 15) is 13.2 Å². The van der Waals surface area contributed by atoms with E-state index in [0.717, 1.165) is 54.1 Å². The number of nitrogens with zero attached hydrogens (tertiary/aromatic N) is 2. The van der Waals surface area contributed by atoms with Crippen molar-refractivity contribution in [3.8, 4) is 5.75 Å². The van der Waals surface area contributed by atoms with Gasteiger partial charge in [-0.3, -0.25) is 4.99 Å². The topological polar surface area (TPSA) is 36.9 Å². The van der Waals surface area contributed by atoms with Crippen molar-refractivity contribution in [1.29, 1.82) is 0 Å². The Morgan fingerprint density at radius 3 is 2.61 bits per heavy atom. The lowest BCUT2D eigenvalue weighted by molar-refractivity contribution is -0.274. The van der Waals surface area contributed by atoms with Crippen LogP contribution in [0.1, 0.15) is 57.4 Å². The van der Waals surface area contributed by atoms with E-state index in [-0.39, 0.29) is 9.17 Å². The average Bonchev–Trinajstić information content (AvgIpc) is 3.10. The first-order valence-electron chi connectivity index (χ1n) is 11.3. The molecule has 1 spiro atoms. The third-order valence-corrected chi connectivity index (χ3v) is 10.6. The van der Waals surface area contributed by atoms with Crippen molar-refractivity contribution in [3.05, 3.63) is 29.8 Å². The fourth-order valence-electron chi connectivity index (χ4n) is 4.75. The van der Waals surface area contributed by atoms with E-state index in [1.165, 1.54) is 44.2 Å². The molecular formula is C23H31F3IN3O. The van der Waals surface area contributed by atoms with Gasteiger partial charge in [0.1, 0.15) is 11.6 Å². The third kappa shape index (κ3) is 5.80. The zero-order valence-corrected chi connectivity index (χ0v) is 20.1. The Balaban J connectivity index is 1.57. The number of benzene rings is 1. The fraction of sp³-hybridized carbons (Fsp3) is 0.652. The molecular weight excluding hydrogens is 518 g/mol. The number of rotatable bonds is 5. The number of hydrogen-bond donors (Lipinski definition) is 1. The number of ether oxygens (including phenoxy) is 1. The highest BCUT2D eigenvalue weighted by Gasteiger charge is 2.43.